The fraction of sp³-hybridized carbons (Fsp3) is 0.227. The summed E-state index contributed by atoms with van der Waals surface area (Å²) in [4.78, 5) is 21.7. The van der Waals surface area contributed by atoms with Crippen LogP contribution in [-0.4, -0.2) is 27.8 Å². The van der Waals surface area contributed by atoms with Gasteiger partial charge in [-0.05, 0) is 54.4 Å². The molecule has 1 aromatic heterocycles. The molecule has 174 valence electrons. The van der Waals surface area contributed by atoms with Crippen LogP contribution in [-0.2, 0) is 18.9 Å². The normalized spacial score (nSPS) is 12.0. The number of nitrogens with zero attached hydrogens (tertiary/aromatic N) is 3. The van der Waals surface area contributed by atoms with E-state index in [9.17, 15) is 35.5 Å². The number of rotatable bonds is 4. The van der Waals surface area contributed by atoms with Gasteiger partial charge in [0, 0.05) is 31.5 Å². The van der Waals surface area contributed by atoms with Crippen LogP contribution in [0.4, 0.5) is 30.7 Å². The lowest BCUT2D eigenvalue weighted by Gasteiger charge is -2.19. The molecule has 0 spiro atoms. The number of hydrogen-bond acceptors (Lipinski definition) is 3. The van der Waals surface area contributed by atoms with Gasteiger partial charge >= 0.3 is 12.4 Å². The molecule has 0 saturated heterocycles. The van der Waals surface area contributed by atoms with Crippen molar-refractivity contribution in [3.63, 3.8) is 0 Å². The van der Waals surface area contributed by atoms with Gasteiger partial charge in [0.25, 0.3) is 5.91 Å². The first-order chi connectivity index (χ1) is 15.3. The van der Waals surface area contributed by atoms with Gasteiger partial charge in [0.1, 0.15) is 5.82 Å². The fourth-order valence-electron chi connectivity index (χ4n) is 3.13. The van der Waals surface area contributed by atoms with Gasteiger partial charge in [-0.2, -0.15) is 26.3 Å². The standard InChI is InChI=1S/C22H16F7N3O/c1-12-5-17(23)3-4-18(12)19-30-9-14(10-31-19)20(33)32(2)11-13-6-15(21(24,25)26)8-16(7-13)22(27,28)29/h3-10H,11H2,1-2H3. The average Bonchev–Trinajstić information content (AvgIpc) is 2.72. The predicted molar refractivity (Wildman–Crippen MR) is 104 cm³/mol. The molecule has 0 atom stereocenters. The molecule has 0 radical (unpaired) electrons. The Hall–Kier alpha value is -3.50. The molecule has 0 fully saturated rings. The molecule has 2 aromatic carbocycles. The number of amides is 1. The number of benzene rings is 2. The number of halogens is 7. The quantitative estimate of drug-likeness (QED) is 0.445. The van der Waals surface area contributed by atoms with Crippen LogP contribution in [0.1, 0.15) is 32.6 Å². The minimum Gasteiger partial charge on any atom is -0.337 e. The average molecular weight is 471 g/mol. The van der Waals surface area contributed by atoms with Crippen molar-refractivity contribution >= 4 is 5.91 Å². The summed E-state index contributed by atoms with van der Waals surface area (Å²) in [7, 11) is 1.23. The van der Waals surface area contributed by atoms with Crippen molar-refractivity contribution in [1.82, 2.24) is 14.9 Å². The van der Waals surface area contributed by atoms with Crippen LogP contribution in [0, 0.1) is 12.7 Å². The molecule has 3 aromatic rings. The first-order valence-electron chi connectivity index (χ1n) is 9.38. The van der Waals surface area contributed by atoms with E-state index in [0.717, 1.165) is 4.90 Å². The summed E-state index contributed by atoms with van der Waals surface area (Å²) in [5.41, 5.74) is -2.19. The summed E-state index contributed by atoms with van der Waals surface area (Å²) in [5, 5.41) is 0. The summed E-state index contributed by atoms with van der Waals surface area (Å²) in [5.74, 6) is -0.921. The Balaban J connectivity index is 1.83. The van der Waals surface area contributed by atoms with Crippen molar-refractivity contribution in [3.8, 4) is 11.4 Å². The van der Waals surface area contributed by atoms with Crippen molar-refractivity contribution in [2.75, 3.05) is 7.05 Å². The first-order valence-corrected chi connectivity index (χ1v) is 9.38. The second kappa shape index (κ2) is 8.80. The van der Waals surface area contributed by atoms with E-state index in [1.54, 1.807) is 6.92 Å². The topological polar surface area (TPSA) is 46.1 Å². The van der Waals surface area contributed by atoms with Gasteiger partial charge in [-0.3, -0.25) is 4.79 Å². The summed E-state index contributed by atoms with van der Waals surface area (Å²) in [6.07, 6.45) is -7.62. The zero-order valence-electron chi connectivity index (χ0n) is 17.2. The largest absolute Gasteiger partial charge is 0.416 e. The smallest absolute Gasteiger partial charge is 0.337 e. The Morgan fingerprint density at radius 3 is 1.94 bits per heavy atom. The Kier molecular flexibility index (Phi) is 6.44. The maximum atomic E-state index is 13.3. The molecule has 1 heterocycles. The van der Waals surface area contributed by atoms with Crippen LogP contribution in [0.5, 0.6) is 0 Å². The molecular weight excluding hydrogens is 455 g/mol. The molecule has 0 aliphatic carbocycles. The minimum atomic E-state index is -4.99. The van der Waals surface area contributed by atoms with E-state index >= 15 is 0 Å². The van der Waals surface area contributed by atoms with Crippen molar-refractivity contribution in [3.05, 3.63) is 82.4 Å². The van der Waals surface area contributed by atoms with Crippen LogP contribution >= 0.6 is 0 Å². The summed E-state index contributed by atoms with van der Waals surface area (Å²) < 4.78 is 91.5. The van der Waals surface area contributed by atoms with Crippen LogP contribution in [0.25, 0.3) is 11.4 Å². The Labute approximate surface area is 183 Å². The molecule has 3 rings (SSSR count). The highest BCUT2D eigenvalue weighted by molar-refractivity contribution is 5.93. The third-order valence-electron chi connectivity index (χ3n) is 4.74. The molecule has 33 heavy (non-hydrogen) atoms. The number of hydrogen-bond donors (Lipinski definition) is 0. The maximum Gasteiger partial charge on any atom is 0.416 e. The van der Waals surface area contributed by atoms with E-state index in [-0.39, 0.29) is 23.0 Å². The number of carbonyl (C=O) groups is 1. The summed E-state index contributed by atoms with van der Waals surface area (Å²) in [6, 6.07) is 5.14. The van der Waals surface area contributed by atoms with Gasteiger partial charge in [-0.15, -0.1) is 0 Å². The van der Waals surface area contributed by atoms with Crippen molar-refractivity contribution in [2.24, 2.45) is 0 Å². The highest BCUT2D eigenvalue weighted by atomic mass is 19.4. The maximum absolute atomic E-state index is 13.3. The van der Waals surface area contributed by atoms with Crippen LogP contribution < -0.4 is 0 Å². The Morgan fingerprint density at radius 1 is 0.909 bits per heavy atom. The number of carbonyl (C=O) groups excluding carboxylic acids is 1. The van der Waals surface area contributed by atoms with Crippen LogP contribution in [0.15, 0.2) is 48.8 Å². The highest BCUT2D eigenvalue weighted by Gasteiger charge is 2.37. The van der Waals surface area contributed by atoms with Gasteiger partial charge in [-0.25, -0.2) is 14.4 Å². The molecule has 0 bridgehead atoms. The van der Waals surface area contributed by atoms with E-state index in [4.69, 9.17) is 0 Å². The van der Waals surface area contributed by atoms with E-state index in [2.05, 4.69) is 9.97 Å². The van der Waals surface area contributed by atoms with Gasteiger partial charge in [0.15, 0.2) is 5.82 Å². The summed E-state index contributed by atoms with van der Waals surface area (Å²) >= 11 is 0. The molecule has 0 N–H and O–H groups in total. The molecule has 1 amide bonds. The zero-order chi connectivity index (χ0) is 24.6. The Bertz CT molecular complexity index is 1140. The number of aryl methyl sites for hydroxylation is 1. The number of aromatic nitrogens is 2. The van der Waals surface area contributed by atoms with Gasteiger partial charge in [-0.1, -0.05) is 0 Å². The van der Waals surface area contributed by atoms with E-state index in [1.807, 2.05) is 0 Å². The van der Waals surface area contributed by atoms with Gasteiger partial charge in [0.05, 0.1) is 16.7 Å². The molecule has 0 aliphatic rings. The summed E-state index contributed by atoms with van der Waals surface area (Å²) in [6.45, 7) is 1.14. The molecule has 11 heteroatoms. The van der Waals surface area contributed by atoms with Crippen molar-refractivity contribution in [2.45, 2.75) is 25.8 Å². The number of alkyl halides is 6. The molecule has 0 aliphatic heterocycles. The van der Waals surface area contributed by atoms with Crippen molar-refractivity contribution in [1.29, 1.82) is 0 Å². The third kappa shape index (κ3) is 5.65. The minimum absolute atomic E-state index is 0.0231. The van der Waals surface area contributed by atoms with Crippen molar-refractivity contribution < 1.29 is 35.5 Å². The fourth-order valence-corrected chi connectivity index (χ4v) is 3.13. The third-order valence-corrected chi connectivity index (χ3v) is 4.74. The predicted octanol–water partition coefficient (Wildman–Crippen LogP) is 5.90. The monoisotopic (exact) mass is 471 g/mol. The van der Waals surface area contributed by atoms with E-state index in [0.29, 0.717) is 23.3 Å². The lowest BCUT2D eigenvalue weighted by Crippen LogP contribution is -2.27. The van der Waals surface area contributed by atoms with E-state index < -0.39 is 41.7 Å². The molecule has 0 unspecified atom stereocenters. The van der Waals surface area contributed by atoms with Crippen LogP contribution in [0.3, 0.4) is 0 Å². The lowest BCUT2D eigenvalue weighted by molar-refractivity contribution is -0.143. The molecule has 0 saturated carbocycles. The zero-order valence-corrected chi connectivity index (χ0v) is 17.2. The molecule has 4 nitrogen and oxygen atoms in total. The van der Waals surface area contributed by atoms with Crippen LogP contribution in [0.2, 0.25) is 0 Å². The van der Waals surface area contributed by atoms with Gasteiger partial charge in [0.2, 0.25) is 0 Å². The Morgan fingerprint density at radius 2 is 1.45 bits per heavy atom. The van der Waals surface area contributed by atoms with E-state index in [1.165, 1.54) is 37.6 Å². The second-order valence-electron chi connectivity index (χ2n) is 7.33. The molecular formula is C22H16F7N3O. The first kappa shape index (κ1) is 24.1. The lowest BCUT2D eigenvalue weighted by atomic mass is 10.0. The SMILES string of the molecule is Cc1cc(F)ccc1-c1ncc(C(=O)N(C)Cc2cc(C(F)(F)F)cc(C(F)(F)F)c2)cn1. The highest BCUT2D eigenvalue weighted by Crippen LogP contribution is 2.36. The second-order valence-corrected chi connectivity index (χ2v) is 7.33. The van der Waals surface area contributed by atoms with Gasteiger partial charge < -0.3 is 4.90 Å².